The van der Waals surface area contributed by atoms with Crippen LogP contribution in [0, 0.1) is 11.2 Å². The van der Waals surface area contributed by atoms with Crippen LogP contribution in [0.1, 0.15) is 21.5 Å². The van der Waals surface area contributed by atoms with Gasteiger partial charge in [-0.2, -0.15) is 0 Å². The minimum atomic E-state index is -0.382. The number of carbonyl (C=O) groups is 1. The number of nitrogens with zero attached hydrogens (tertiary/aromatic N) is 1. The van der Waals surface area contributed by atoms with E-state index in [1.807, 2.05) is 55.4 Å². The van der Waals surface area contributed by atoms with E-state index >= 15 is 4.39 Å². The van der Waals surface area contributed by atoms with E-state index in [0.29, 0.717) is 85.4 Å². The fourth-order valence-corrected chi connectivity index (χ4v) is 5.07. The first-order valence-electron chi connectivity index (χ1n) is 12.7. The first kappa shape index (κ1) is 29.6. The number of anilines is 2. The molecule has 0 bridgehead atoms. The molecule has 0 aliphatic heterocycles. The molecule has 0 heterocycles. The molecule has 212 valence electrons. The van der Waals surface area contributed by atoms with E-state index in [2.05, 4.69) is 5.32 Å². The van der Waals surface area contributed by atoms with Gasteiger partial charge in [0, 0.05) is 58.5 Å². The van der Waals surface area contributed by atoms with Gasteiger partial charge in [-0.15, -0.1) is 0 Å². The van der Waals surface area contributed by atoms with Gasteiger partial charge in [-0.05, 0) is 43.4 Å². The molecule has 0 saturated heterocycles. The number of methoxy groups -OCH3 is 3. The average Bonchev–Trinajstić information content (AvgIpc) is 2.97. The molecule has 4 aromatic rings. The van der Waals surface area contributed by atoms with Gasteiger partial charge in [-0.3, -0.25) is 4.79 Å². The predicted octanol–water partition coefficient (Wildman–Crippen LogP) is 7.45. The van der Waals surface area contributed by atoms with Crippen molar-refractivity contribution < 1.29 is 23.4 Å². The molecule has 0 aromatic heterocycles. The Morgan fingerprint density at radius 3 is 2.07 bits per heavy atom. The lowest BCUT2D eigenvalue weighted by atomic mass is 9.94. The van der Waals surface area contributed by atoms with E-state index in [4.69, 9.17) is 31.2 Å². The summed E-state index contributed by atoms with van der Waals surface area (Å²) < 4.78 is 31.5. The Labute approximate surface area is 243 Å². The Hall–Kier alpha value is -4.40. The Bertz CT molecular complexity index is 1580. The van der Waals surface area contributed by atoms with E-state index in [1.165, 1.54) is 33.6 Å². The van der Waals surface area contributed by atoms with Crippen molar-refractivity contribution in [3.8, 4) is 39.5 Å². The minimum absolute atomic E-state index is 0.299. The minimum Gasteiger partial charge on any atom is -0.496 e. The van der Waals surface area contributed by atoms with Crippen LogP contribution in [0.5, 0.6) is 17.2 Å². The number of nitrogens with one attached hydrogen (secondary N) is 2. The lowest BCUT2D eigenvalue weighted by Gasteiger charge is -2.18. The molecule has 0 aliphatic rings. The van der Waals surface area contributed by atoms with Crippen molar-refractivity contribution in [2.75, 3.05) is 40.7 Å². The average molecular weight is 576 g/mol. The maximum absolute atomic E-state index is 15.2. The molecule has 0 amide bonds. The van der Waals surface area contributed by atoms with E-state index in [0.717, 1.165) is 0 Å². The highest BCUT2D eigenvalue weighted by Gasteiger charge is 2.19. The van der Waals surface area contributed by atoms with Gasteiger partial charge >= 0.3 is 0 Å². The fraction of sp³-hybridized carbons (Fsp3) is 0.188. The zero-order chi connectivity index (χ0) is 29.7. The Kier molecular flexibility index (Phi) is 9.27. The quantitative estimate of drug-likeness (QED) is 0.143. The van der Waals surface area contributed by atoms with E-state index < -0.39 is 0 Å². The molecule has 2 N–H and O–H groups in total. The van der Waals surface area contributed by atoms with Gasteiger partial charge in [0.2, 0.25) is 0 Å². The highest BCUT2D eigenvalue weighted by atomic mass is 35.5. The third kappa shape index (κ3) is 6.04. The second-order valence-electron chi connectivity index (χ2n) is 9.49. The van der Waals surface area contributed by atoms with Crippen molar-refractivity contribution in [3.63, 3.8) is 0 Å². The van der Waals surface area contributed by atoms with Crippen molar-refractivity contribution >= 4 is 35.5 Å². The molecule has 7 nitrogen and oxygen atoms in total. The summed E-state index contributed by atoms with van der Waals surface area (Å²) in [6.07, 6.45) is 1.92. The number of benzene rings is 4. The van der Waals surface area contributed by atoms with Crippen LogP contribution in [0.25, 0.3) is 22.3 Å². The number of carbonyl (C=O) groups excluding carboxylic acids is 1. The number of halogens is 2. The van der Waals surface area contributed by atoms with Crippen LogP contribution in [0.3, 0.4) is 0 Å². The van der Waals surface area contributed by atoms with Gasteiger partial charge in [-0.1, -0.05) is 41.9 Å². The second-order valence-corrected chi connectivity index (χ2v) is 9.87. The molecule has 0 fully saturated rings. The van der Waals surface area contributed by atoms with Crippen molar-refractivity contribution in [3.05, 3.63) is 88.2 Å². The number of rotatable bonds is 11. The number of hydrogen-bond acceptors (Lipinski definition) is 7. The molecule has 0 saturated carbocycles. The molecule has 0 unspecified atom stereocenters. The first-order valence-corrected chi connectivity index (χ1v) is 13.1. The highest BCUT2D eigenvalue weighted by molar-refractivity contribution is 6.36. The second kappa shape index (κ2) is 12.8. The monoisotopic (exact) mass is 575 g/mol. The molecular formula is C32H31ClFN3O4. The molecule has 41 heavy (non-hydrogen) atoms. The van der Waals surface area contributed by atoms with Gasteiger partial charge in [0.05, 0.1) is 31.9 Å². The topological polar surface area (TPSA) is 83.9 Å². The highest BCUT2D eigenvalue weighted by Crippen LogP contribution is 2.41. The van der Waals surface area contributed by atoms with Gasteiger partial charge in [0.25, 0.3) is 0 Å². The van der Waals surface area contributed by atoms with Crippen LogP contribution in [0.2, 0.25) is 5.02 Å². The van der Waals surface area contributed by atoms with Crippen molar-refractivity contribution in [2.24, 2.45) is 0 Å². The zero-order valence-electron chi connectivity index (χ0n) is 23.5. The van der Waals surface area contributed by atoms with Crippen molar-refractivity contribution in [1.82, 2.24) is 4.90 Å². The lowest BCUT2D eigenvalue weighted by Crippen LogP contribution is -2.13. The summed E-state index contributed by atoms with van der Waals surface area (Å²) in [4.78, 5) is 13.4. The van der Waals surface area contributed by atoms with Crippen molar-refractivity contribution in [2.45, 2.75) is 6.54 Å². The molecule has 4 rings (SSSR count). The Morgan fingerprint density at radius 1 is 0.878 bits per heavy atom. The molecule has 0 spiro atoms. The Balaban J connectivity index is 1.80. The van der Waals surface area contributed by atoms with Crippen LogP contribution in [0.15, 0.2) is 60.7 Å². The van der Waals surface area contributed by atoms with Crippen LogP contribution in [-0.4, -0.2) is 52.8 Å². The summed E-state index contributed by atoms with van der Waals surface area (Å²) in [5, 5.41) is 12.0. The normalized spacial score (nSPS) is 10.8. The smallest absolute Gasteiger partial charge is 0.157 e. The number of aldehydes is 1. The predicted molar refractivity (Wildman–Crippen MR) is 162 cm³/mol. The van der Waals surface area contributed by atoms with E-state index in [1.54, 1.807) is 18.2 Å². The summed E-state index contributed by atoms with van der Waals surface area (Å²) in [7, 11) is 8.19. The van der Waals surface area contributed by atoms with E-state index in [-0.39, 0.29) is 5.82 Å². The summed E-state index contributed by atoms with van der Waals surface area (Å²) in [5.41, 5.74) is 5.16. The third-order valence-electron chi connectivity index (χ3n) is 6.64. The van der Waals surface area contributed by atoms with Crippen LogP contribution >= 0.6 is 11.6 Å². The summed E-state index contributed by atoms with van der Waals surface area (Å²) in [5.74, 6) is 0.759. The van der Waals surface area contributed by atoms with Gasteiger partial charge in [-0.25, -0.2) is 4.39 Å². The molecule has 9 heteroatoms. The van der Waals surface area contributed by atoms with Crippen LogP contribution < -0.4 is 19.5 Å². The van der Waals surface area contributed by atoms with Gasteiger partial charge < -0.3 is 29.8 Å². The summed E-state index contributed by atoms with van der Waals surface area (Å²) >= 11 is 6.97. The maximum Gasteiger partial charge on any atom is 0.157 e. The fourth-order valence-electron chi connectivity index (χ4n) is 4.73. The molecule has 0 radical (unpaired) electrons. The maximum atomic E-state index is 15.2. The SMILES string of the molecule is COc1cc(Nc2cccc(-c3cccc(-c4cc(F)c(CN(C)C)c(OC)c4)c3Cl)c2C=N)cc(OC)c1C=O. The van der Waals surface area contributed by atoms with E-state index in [9.17, 15) is 4.79 Å². The number of ether oxygens (including phenoxy) is 3. The first-order chi connectivity index (χ1) is 19.8. The van der Waals surface area contributed by atoms with Gasteiger partial charge in [0.15, 0.2) is 6.29 Å². The zero-order valence-corrected chi connectivity index (χ0v) is 24.2. The number of hydrogen-bond donors (Lipinski definition) is 2. The van der Waals surface area contributed by atoms with Crippen molar-refractivity contribution in [1.29, 1.82) is 5.41 Å². The third-order valence-corrected chi connectivity index (χ3v) is 7.05. The lowest BCUT2D eigenvalue weighted by molar-refractivity contribution is 0.111. The van der Waals surface area contributed by atoms with Gasteiger partial charge in [0.1, 0.15) is 23.1 Å². The molecule has 0 atom stereocenters. The summed E-state index contributed by atoms with van der Waals surface area (Å²) in [6, 6.07) is 17.7. The molecular weight excluding hydrogens is 545 g/mol. The van der Waals surface area contributed by atoms with Crippen LogP contribution in [0.4, 0.5) is 15.8 Å². The summed E-state index contributed by atoms with van der Waals surface area (Å²) in [6.45, 7) is 0.390. The molecule has 4 aromatic carbocycles. The largest absolute Gasteiger partial charge is 0.496 e. The molecule has 0 aliphatic carbocycles. The standard InChI is InChI=1S/C32H31ClFN3O4/c1-37(2)17-25-27(34)12-19(13-29(25)39-3)21-8-6-10-23(32(21)33)22-9-7-11-28(24(22)16-35)36-20-14-30(40-4)26(18-38)31(15-20)41-5/h6-16,18,35-36H,17H2,1-5H3. The van der Waals surface area contributed by atoms with Crippen LogP contribution in [-0.2, 0) is 6.54 Å². The Morgan fingerprint density at radius 2 is 1.49 bits per heavy atom.